The highest BCUT2D eigenvalue weighted by Gasteiger charge is 2.27. The van der Waals surface area contributed by atoms with E-state index in [1.807, 2.05) is 6.92 Å². The van der Waals surface area contributed by atoms with Crippen molar-refractivity contribution >= 4 is 10.0 Å². The Bertz CT molecular complexity index is 295. The summed E-state index contributed by atoms with van der Waals surface area (Å²) in [5.41, 5.74) is 0. The summed E-state index contributed by atoms with van der Waals surface area (Å²) < 4.78 is 25.7. The molecule has 0 unspecified atom stereocenters. The minimum absolute atomic E-state index is 0.311. The van der Waals surface area contributed by atoms with Gasteiger partial charge in [-0.15, -0.1) is 0 Å². The molecule has 5 heteroatoms. The van der Waals surface area contributed by atoms with Crippen LogP contribution in [0.4, 0.5) is 0 Å². The fourth-order valence-corrected chi connectivity index (χ4v) is 3.44. The third-order valence-electron chi connectivity index (χ3n) is 3.23. The number of hydrogen-bond donors (Lipinski definition) is 1. The van der Waals surface area contributed by atoms with E-state index in [9.17, 15) is 8.42 Å². The molecule has 1 N–H and O–H groups in total. The molecule has 96 valence electrons. The quantitative estimate of drug-likeness (QED) is 0.791. The lowest BCUT2D eigenvalue weighted by molar-refractivity contribution is 0.293. The molecule has 1 rings (SSSR count). The molecular weight excluding hydrogens is 224 g/mol. The molecule has 4 nitrogen and oxygen atoms in total. The standard InChI is InChI=1S/C11H24N2O2S/c1-4-13(16(14,15)10(2)3)9-11-5-7-12-8-6-11/h10-12H,4-9H2,1-3H3. The van der Waals surface area contributed by atoms with Crippen molar-refractivity contribution in [2.24, 2.45) is 5.92 Å². The summed E-state index contributed by atoms with van der Waals surface area (Å²) in [6, 6.07) is 0. The maximum absolute atomic E-state index is 12.0. The van der Waals surface area contributed by atoms with Crippen molar-refractivity contribution in [3.05, 3.63) is 0 Å². The zero-order chi connectivity index (χ0) is 12.2. The molecule has 1 heterocycles. The third-order valence-corrected chi connectivity index (χ3v) is 5.55. The summed E-state index contributed by atoms with van der Waals surface area (Å²) in [6.45, 7) is 8.73. The molecule has 0 amide bonds. The number of hydrogen-bond acceptors (Lipinski definition) is 3. The SMILES string of the molecule is CCN(CC1CCNCC1)S(=O)(=O)C(C)C. The van der Waals surface area contributed by atoms with Crippen molar-refractivity contribution in [1.82, 2.24) is 9.62 Å². The summed E-state index contributed by atoms with van der Waals surface area (Å²) in [4.78, 5) is 0. The zero-order valence-corrected chi connectivity index (χ0v) is 11.4. The molecule has 0 aromatic heterocycles. The predicted molar refractivity (Wildman–Crippen MR) is 66.9 cm³/mol. The summed E-state index contributed by atoms with van der Waals surface area (Å²) in [7, 11) is -3.08. The van der Waals surface area contributed by atoms with E-state index in [0.717, 1.165) is 25.9 Å². The van der Waals surface area contributed by atoms with Crippen LogP contribution in [-0.2, 0) is 10.0 Å². The molecule has 16 heavy (non-hydrogen) atoms. The van der Waals surface area contributed by atoms with E-state index < -0.39 is 10.0 Å². The number of nitrogens with one attached hydrogen (secondary N) is 1. The van der Waals surface area contributed by atoms with Crippen molar-refractivity contribution in [2.45, 2.75) is 38.9 Å². The maximum atomic E-state index is 12.0. The molecule has 0 aliphatic carbocycles. The van der Waals surface area contributed by atoms with Crippen LogP contribution in [0.5, 0.6) is 0 Å². The van der Waals surface area contributed by atoms with Gasteiger partial charge in [0.2, 0.25) is 10.0 Å². The average Bonchev–Trinajstić information content (AvgIpc) is 2.26. The van der Waals surface area contributed by atoms with Gasteiger partial charge in [-0.25, -0.2) is 12.7 Å². The Hall–Kier alpha value is -0.130. The third kappa shape index (κ3) is 3.43. The first kappa shape index (κ1) is 13.9. The van der Waals surface area contributed by atoms with Gasteiger partial charge in [-0.1, -0.05) is 6.92 Å². The number of rotatable bonds is 5. The van der Waals surface area contributed by atoms with E-state index in [2.05, 4.69) is 5.32 Å². The van der Waals surface area contributed by atoms with Gasteiger partial charge in [0.15, 0.2) is 0 Å². The van der Waals surface area contributed by atoms with Crippen molar-refractivity contribution in [3.8, 4) is 0 Å². The van der Waals surface area contributed by atoms with E-state index in [-0.39, 0.29) is 5.25 Å². The molecule has 1 fully saturated rings. The topological polar surface area (TPSA) is 49.4 Å². The van der Waals surface area contributed by atoms with Crippen molar-refractivity contribution < 1.29 is 8.42 Å². The predicted octanol–water partition coefficient (Wildman–Crippen LogP) is 1.05. The van der Waals surface area contributed by atoms with Gasteiger partial charge < -0.3 is 5.32 Å². The molecule has 0 aromatic carbocycles. The highest BCUT2D eigenvalue weighted by molar-refractivity contribution is 7.89. The van der Waals surface area contributed by atoms with E-state index in [1.165, 1.54) is 0 Å². The van der Waals surface area contributed by atoms with Crippen molar-refractivity contribution in [2.75, 3.05) is 26.2 Å². The highest BCUT2D eigenvalue weighted by Crippen LogP contribution is 2.17. The monoisotopic (exact) mass is 248 g/mol. The average molecular weight is 248 g/mol. The molecule has 0 bridgehead atoms. The summed E-state index contributed by atoms with van der Waals surface area (Å²) >= 11 is 0. The lowest BCUT2D eigenvalue weighted by Crippen LogP contribution is -2.41. The molecule has 0 radical (unpaired) electrons. The van der Waals surface area contributed by atoms with Crippen LogP contribution in [0.1, 0.15) is 33.6 Å². The molecule has 1 saturated heterocycles. The fraction of sp³-hybridized carbons (Fsp3) is 1.00. The molecule has 1 aliphatic heterocycles. The first-order valence-electron chi connectivity index (χ1n) is 6.18. The van der Waals surface area contributed by atoms with Crippen molar-refractivity contribution in [1.29, 1.82) is 0 Å². The van der Waals surface area contributed by atoms with Crippen LogP contribution in [0.15, 0.2) is 0 Å². The van der Waals surface area contributed by atoms with Crippen LogP contribution in [0.25, 0.3) is 0 Å². The van der Waals surface area contributed by atoms with Crippen LogP contribution < -0.4 is 5.32 Å². The first-order chi connectivity index (χ1) is 7.48. The second kappa shape index (κ2) is 5.98. The van der Waals surface area contributed by atoms with Crippen LogP contribution in [0.2, 0.25) is 0 Å². The normalized spacial score (nSPS) is 19.6. The Kier molecular flexibility index (Phi) is 5.21. The van der Waals surface area contributed by atoms with Gasteiger partial charge in [-0.3, -0.25) is 0 Å². The van der Waals surface area contributed by atoms with Crippen LogP contribution in [0, 0.1) is 5.92 Å². The van der Waals surface area contributed by atoms with Crippen LogP contribution in [0.3, 0.4) is 0 Å². The second-order valence-corrected chi connectivity index (χ2v) is 7.23. The number of nitrogens with zero attached hydrogens (tertiary/aromatic N) is 1. The van der Waals surface area contributed by atoms with E-state index in [4.69, 9.17) is 0 Å². The lowest BCUT2D eigenvalue weighted by Gasteiger charge is -2.29. The highest BCUT2D eigenvalue weighted by atomic mass is 32.2. The van der Waals surface area contributed by atoms with Gasteiger partial charge in [-0.05, 0) is 45.7 Å². The maximum Gasteiger partial charge on any atom is 0.216 e. The van der Waals surface area contributed by atoms with E-state index >= 15 is 0 Å². The minimum atomic E-state index is -3.08. The molecule has 0 atom stereocenters. The molecule has 0 saturated carbocycles. The number of piperidine rings is 1. The Labute approximate surface area is 99.5 Å². The largest absolute Gasteiger partial charge is 0.317 e. The van der Waals surface area contributed by atoms with Crippen LogP contribution in [-0.4, -0.2) is 44.2 Å². The molecule has 0 spiro atoms. The fourth-order valence-electron chi connectivity index (χ4n) is 2.06. The Morgan fingerprint density at radius 2 is 1.88 bits per heavy atom. The summed E-state index contributed by atoms with van der Waals surface area (Å²) in [6.07, 6.45) is 2.17. The Morgan fingerprint density at radius 1 is 1.31 bits per heavy atom. The molecular formula is C11H24N2O2S. The minimum Gasteiger partial charge on any atom is -0.317 e. The zero-order valence-electron chi connectivity index (χ0n) is 10.6. The molecule has 1 aliphatic rings. The van der Waals surface area contributed by atoms with Crippen LogP contribution >= 0.6 is 0 Å². The number of sulfonamides is 1. The Balaban J connectivity index is 2.60. The van der Waals surface area contributed by atoms with Gasteiger partial charge in [0.25, 0.3) is 0 Å². The summed E-state index contributed by atoms with van der Waals surface area (Å²) in [5.74, 6) is 0.523. The Morgan fingerprint density at radius 3 is 2.31 bits per heavy atom. The lowest BCUT2D eigenvalue weighted by atomic mass is 9.98. The van der Waals surface area contributed by atoms with Gasteiger partial charge >= 0.3 is 0 Å². The van der Waals surface area contributed by atoms with Gasteiger partial charge in [0.05, 0.1) is 5.25 Å². The van der Waals surface area contributed by atoms with Crippen molar-refractivity contribution in [3.63, 3.8) is 0 Å². The van der Waals surface area contributed by atoms with Gasteiger partial charge in [0, 0.05) is 13.1 Å². The van der Waals surface area contributed by atoms with Gasteiger partial charge in [0.1, 0.15) is 0 Å². The molecule has 0 aromatic rings. The van der Waals surface area contributed by atoms with E-state index in [1.54, 1.807) is 18.2 Å². The first-order valence-corrected chi connectivity index (χ1v) is 7.68. The van der Waals surface area contributed by atoms with E-state index in [0.29, 0.717) is 19.0 Å². The smallest absolute Gasteiger partial charge is 0.216 e. The summed E-state index contributed by atoms with van der Waals surface area (Å²) in [5, 5.41) is 2.99. The second-order valence-electron chi connectivity index (χ2n) is 4.74. The van der Waals surface area contributed by atoms with Gasteiger partial charge in [-0.2, -0.15) is 0 Å².